The quantitative estimate of drug-likeness (QED) is 0.891. The molecule has 1 saturated heterocycles. The molecule has 2 fully saturated rings. The zero-order chi connectivity index (χ0) is 11.9. The molecule has 0 spiro atoms. The molecular weight excluding hydrogens is 236 g/mol. The molecule has 3 nitrogen and oxygen atoms in total. The summed E-state index contributed by atoms with van der Waals surface area (Å²) in [5, 5.41) is 10.1. The van der Waals surface area contributed by atoms with Crippen molar-refractivity contribution in [3.63, 3.8) is 0 Å². The van der Waals surface area contributed by atoms with E-state index in [1.807, 2.05) is 30.0 Å². The Labute approximate surface area is 105 Å². The maximum Gasteiger partial charge on any atom is 0.161 e. The van der Waals surface area contributed by atoms with E-state index in [4.69, 9.17) is 9.47 Å². The van der Waals surface area contributed by atoms with Gasteiger partial charge in [-0.2, -0.15) is 11.8 Å². The molecule has 17 heavy (non-hydrogen) atoms. The summed E-state index contributed by atoms with van der Waals surface area (Å²) in [6, 6.07) is 5.75. The first-order chi connectivity index (χ1) is 8.21. The van der Waals surface area contributed by atoms with E-state index in [0.29, 0.717) is 6.10 Å². The highest BCUT2D eigenvalue weighted by Crippen LogP contribution is 2.47. The van der Waals surface area contributed by atoms with Gasteiger partial charge in [-0.25, -0.2) is 0 Å². The molecule has 0 amide bonds. The highest BCUT2D eigenvalue weighted by molar-refractivity contribution is 8.00. The Hall–Kier alpha value is -0.870. The van der Waals surface area contributed by atoms with Crippen molar-refractivity contribution in [2.75, 3.05) is 18.6 Å². The Morgan fingerprint density at radius 2 is 2.06 bits per heavy atom. The van der Waals surface area contributed by atoms with Crippen LogP contribution >= 0.6 is 11.8 Å². The van der Waals surface area contributed by atoms with Crippen molar-refractivity contribution < 1.29 is 14.6 Å². The molecule has 0 bridgehead atoms. The van der Waals surface area contributed by atoms with E-state index < -0.39 is 5.60 Å². The van der Waals surface area contributed by atoms with Crippen LogP contribution < -0.4 is 9.47 Å². The molecule has 0 unspecified atom stereocenters. The minimum absolute atomic E-state index is 0.309. The van der Waals surface area contributed by atoms with Gasteiger partial charge in [-0.1, -0.05) is 6.07 Å². The van der Waals surface area contributed by atoms with Gasteiger partial charge in [0, 0.05) is 11.5 Å². The molecule has 1 aliphatic heterocycles. The second kappa shape index (κ2) is 4.10. The van der Waals surface area contributed by atoms with E-state index in [-0.39, 0.29) is 0 Å². The Kier molecular flexibility index (Phi) is 2.71. The smallest absolute Gasteiger partial charge is 0.161 e. The second-order valence-electron chi connectivity index (χ2n) is 4.67. The number of rotatable bonds is 4. The fraction of sp³-hybridized carbons (Fsp3) is 0.538. The molecule has 3 rings (SSSR count). The van der Waals surface area contributed by atoms with Crippen molar-refractivity contribution in [3.8, 4) is 11.5 Å². The lowest BCUT2D eigenvalue weighted by molar-refractivity contribution is 0.150. The molecule has 1 saturated carbocycles. The number of hydrogen-bond acceptors (Lipinski definition) is 4. The molecule has 2 aliphatic rings. The Balaban J connectivity index is 1.83. The van der Waals surface area contributed by atoms with Gasteiger partial charge in [0.2, 0.25) is 0 Å². The van der Waals surface area contributed by atoms with Crippen LogP contribution in [0.25, 0.3) is 0 Å². The maximum atomic E-state index is 10.1. The molecule has 0 aromatic heterocycles. The predicted octanol–water partition coefficient (Wildman–Crippen LogP) is 2.17. The van der Waals surface area contributed by atoms with E-state index >= 15 is 0 Å². The number of aliphatic hydroxyl groups is 1. The Bertz CT molecular complexity index is 425. The van der Waals surface area contributed by atoms with E-state index in [1.165, 1.54) is 0 Å². The van der Waals surface area contributed by atoms with Gasteiger partial charge >= 0.3 is 0 Å². The highest BCUT2D eigenvalue weighted by Gasteiger charge is 2.42. The van der Waals surface area contributed by atoms with Crippen LogP contribution in [0.1, 0.15) is 18.4 Å². The van der Waals surface area contributed by atoms with Crippen LogP contribution in [0.3, 0.4) is 0 Å². The lowest BCUT2D eigenvalue weighted by Gasteiger charge is -2.27. The van der Waals surface area contributed by atoms with Crippen molar-refractivity contribution >= 4 is 11.8 Å². The molecule has 0 atom stereocenters. The first kappa shape index (κ1) is 11.2. The van der Waals surface area contributed by atoms with Gasteiger partial charge in [-0.05, 0) is 30.5 Å². The van der Waals surface area contributed by atoms with E-state index in [2.05, 4.69) is 0 Å². The summed E-state index contributed by atoms with van der Waals surface area (Å²) in [4.78, 5) is 0. The van der Waals surface area contributed by atoms with Crippen LogP contribution in [0.4, 0.5) is 0 Å². The van der Waals surface area contributed by atoms with Crippen LogP contribution in [0, 0.1) is 0 Å². The van der Waals surface area contributed by atoms with E-state index in [1.54, 1.807) is 7.11 Å². The predicted molar refractivity (Wildman–Crippen MR) is 67.9 cm³/mol. The normalized spacial score (nSPS) is 21.8. The van der Waals surface area contributed by atoms with Gasteiger partial charge in [0.05, 0.1) is 12.7 Å². The van der Waals surface area contributed by atoms with Gasteiger partial charge < -0.3 is 14.6 Å². The third-order valence-electron chi connectivity index (χ3n) is 3.33. The first-order valence-electron chi connectivity index (χ1n) is 5.86. The molecule has 92 valence electrons. The number of benzene rings is 1. The standard InChI is InChI=1S/C13H16O3S/c1-15-12-6-9(13(14)4-5-13)2-3-11(12)16-10-7-17-8-10/h2-3,6,10,14H,4-5,7-8H2,1H3. The highest BCUT2D eigenvalue weighted by atomic mass is 32.2. The molecule has 1 heterocycles. The minimum atomic E-state index is -0.613. The van der Waals surface area contributed by atoms with Crippen molar-refractivity contribution in [2.24, 2.45) is 0 Å². The van der Waals surface area contributed by atoms with E-state index in [9.17, 15) is 5.11 Å². The Morgan fingerprint density at radius 3 is 2.59 bits per heavy atom. The maximum absolute atomic E-state index is 10.1. The summed E-state index contributed by atoms with van der Waals surface area (Å²) in [5.41, 5.74) is 0.322. The third kappa shape index (κ3) is 2.11. The monoisotopic (exact) mass is 252 g/mol. The van der Waals surface area contributed by atoms with Crippen molar-refractivity contribution in [2.45, 2.75) is 24.5 Å². The first-order valence-corrected chi connectivity index (χ1v) is 7.02. The summed E-state index contributed by atoms with van der Waals surface area (Å²) in [6.07, 6.45) is 1.99. The molecule has 4 heteroatoms. The third-order valence-corrected chi connectivity index (χ3v) is 4.54. The van der Waals surface area contributed by atoms with E-state index in [0.717, 1.165) is 41.4 Å². The van der Waals surface area contributed by atoms with Crippen molar-refractivity contribution in [1.82, 2.24) is 0 Å². The zero-order valence-corrected chi connectivity index (χ0v) is 10.6. The van der Waals surface area contributed by atoms with Gasteiger partial charge in [-0.3, -0.25) is 0 Å². The fourth-order valence-corrected chi connectivity index (χ4v) is 2.49. The summed E-state index contributed by atoms with van der Waals surface area (Å²) >= 11 is 1.89. The minimum Gasteiger partial charge on any atom is -0.493 e. The van der Waals surface area contributed by atoms with Crippen LogP contribution in [0.5, 0.6) is 11.5 Å². The average Bonchev–Trinajstić information content (AvgIpc) is 3.03. The average molecular weight is 252 g/mol. The molecule has 1 N–H and O–H groups in total. The lowest BCUT2D eigenvalue weighted by atomic mass is 10.1. The van der Waals surface area contributed by atoms with Crippen LogP contribution in [-0.2, 0) is 5.60 Å². The number of ether oxygens (including phenoxy) is 2. The number of hydrogen-bond donors (Lipinski definition) is 1. The van der Waals surface area contributed by atoms with Crippen molar-refractivity contribution in [3.05, 3.63) is 23.8 Å². The molecule has 1 aromatic rings. The summed E-state index contributed by atoms with van der Waals surface area (Å²) < 4.78 is 11.2. The molecular formula is C13H16O3S. The Morgan fingerprint density at radius 1 is 1.29 bits per heavy atom. The van der Waals surface area contributed by atoms with Crippen molar-refractivity contribution in [1.29, 1.82) is 0 Å². The van der Waals surface area contributed by atoms with Crippen LogP contribution in [0.15, 0.2) is 18.2 Å². The fourth-order valence-electron chi connectivity index (χ4n) is 1.92. The second-order valence-corrected chi connectivity index (χ2v) is 5.75. The largest absolute Gasteiger partial charge is 0.493 e. The molecule has 1 aliphatic carbocycles. The topological polar surface area (TPSA) is 38.7 Å². The number of methoxy groups -OCH3 is 1. The molecule has 1 aromatic carbocycles. The number of thioether (sulfide) groups is 1. The van der Waals surface area contributed by atoms with Gasteiger partial charge in [-0.15, -0.1) is 0 Å². The van der Waals surface area contributed by atoms with Crippen LogP contribution in [-0.4, -0.2) is 29.8 Å². The van der Waals surface area contributed by atoms with Gasteiger partial charge in [0.1, 0.15) is 6.10 Å². The molecule has 0 radical (unpaired) electrons. The summed E-state index contributed by atoms with van der Waals surface area (Å²) in [5.74, 6) is 3.61. The van der Waals surface area contributed by atoms with Gasteiger partial charge in [0.15, 0.2) is 11.5 Å². The SMILES string of the molecule is COc1cc(C2(O)CC2)ccc1OC1CSC1. The van der Waals surface area contributed by atoms with Gasteiger partial charge in [0.25, 0.3) is 0 Å². The van der Waals surface area contributed by atoms with Crippen LogP contribution in [0.2, 0.25) is 0 Å². The summed E-state index contributed by atoms with van der Waals surface area (Å²) in [7, 11) is 1.64. The zero-order valence-electron chi connectivity index (χ0n) is 9.81. The lowest BCUT2D eigenvalue weighted by Crippen LogP contribution is -2.31. The summed E-state index contributed by atoms with van der Waals surface area (Å²) in [6.45, 7) is 0.